The van der Waals surface area contributed by atoms with Crippen molar-refractivity contribution in [2.45, 2.75) is 0 Å². The number of hydrogen-bond donors (Lipinski definition) is 2. The molecule has 0 spiro atoms. The summed E-state index contributed by atoms with van der Waals surface area (Å²) in [5.74, 6) is -0.632. The summed E-state index contributed by atoms with van der Waals surface area (Å²) < 4.78 is 0. The lowest BCUT2D eigenvalue weighted by Gasteiger charge is -2.09. The molecule has 4 N–H and O–H groups in total. The van der Waals surface area contributed by atoms with E-state index in [9.17, 15) is 14.9 Å². The van der Waals surface area contributed by atoms with Crippen LogP contribution in [0.5, 0.6) is 0 Å². The molecule has 0 atom stereocenters. The number of carbonyl (C=O) groups is 1. The number of primary amides is 1. The Balaban J connectivity index is 2.04. The largest absolute Gasteiger partial charge is 0.399 e. The van der Waals surface area contributed by atoms with Crippen molar-refractivity contribution in [2.24, 2.45) is 5.73 Å². The van der Waals surface area contributed by atoms with Crippen molar-refractivity contribution in [2.75, 3.05) is 5.73 Å². The van der Waals surface area contributed by atoms with Gasteiger partial charge in [-0.05, 0) is 34.9 Å². The molecule has 0 aliphatic heterocycles. The Morgan fingerprint density at radius 3 is 1.88 bits per heavy atom. The van der Waals surface area contributed by atoms with Gasteiger partial charge in [-0.1, -0.05) is 36.4 Å². The summed E-state index contributed by atoms with van der Waals surface area (Å²) in [6.45, 7) is 0. The van der Waals surface area contributed by atoms with Crippen LogP contribution in [0.4, 0.5) is 11.4 Å². The number of nitrogens with zero attached hydrogens (tertiary/aromatic N) is 1. The molecule has 6 heteroatoms. The fourth-order valence-corrected chi connectivity index (χ4v) is 2.62. The van der Waals surface area contributed by atoms with Gasteiger partial charge in [0.15, 0.2) is 0 Å². The van der Waals surface area contributed by atoms with E-state index in [0.29, 0.717) is 16.8 Å². The van der Waals surface area contributed by atoms with Gasteiger partial charge in [0.05, 0.1) is 4.92 Å². The van der Waals surface area contributed by atoms with Gasteiger partial charge >= 0.3 is 0 Å². The highest BCUT2D eigenvalue weighted by atomic mass is 16.6. The van der Waals surface area contributed by atoms with E-state index in [1.807, 2.05) is 36.4 Å². The number of nitro groups is 1. The summed E-state index contributed by atoms with van der Waals surface area (Å²) in [7, 11) is 0. The summed E-state index contributed by atoms with van der Waals surface area (Å²) >= 11 is 0. The van der Waals surface area contributed by atoms with Crippen molar-refractivity contribution in [1.29, 1.82) is 0 Å². The Kier molecular flexibility index (Phi) is 4.18. The Hall–Kier alpha value is -3.67. The van der Waals surface area contributed by atoms with Crippen LogP contribution in [0.25, 0.3) is 22.3 Å². The highest BCUT2D eigenvalue weighted by Crippen LogP contribution is 2.30. The number of anilines is 1. The standard InChI is InChI=1S/C19H15N3O3/c20-15-7-5-13(6-8-15)12-1-3-14(4-2-12)18-11-16(22(24)25)9-10-17(18)19(21)23/h1-11H,20H2,(H2,21,23). The minimum absolute atomic E-state index is 0.0948. The van der Waals surface area contributed by atoms with Crippen molar-refractivity contribution >= 4 is 17.3 Å². The Labute approximate surface area is 143 Å². The van der Waals surface area contributed by atoms with E-state index in [1.54, 1.807) is 12.1 Å². The van der Waals surface area contributed by atoms with Crippen LogP contribution in [0.3, 0.4) is 0 Å². The monoisotopic (exact) mass is 333 g/mol. The number of nitrogens with two attached hydrogens (primary N) is 2. The third-order valence-electron chi connectivity index (χ3n) is 3.92. The Morgan fingerprint density at radius 2 is 1.36 bits per heavy atom. The third kappa shape index (κ3) is 3.32. The molecule has 0 aliphatic carbocycles. The van der Waals surface area contributed by atoms with Gasteiger partial charge in [-0.2, -0.15) is 0 Å². The molecular formula is C19H15N3O3. The van der Waals surface area contributed by atoms with Gasteiger partial charge in [0.2, 0.25) is 5.91 Å². The molecule has 6 nitrogen and oxygen atoms in total. The zero-order chi connectivity index (χ0) is 18.0. The number of nitrogen functional groups attached to an aromatic ring is 1. The second-order valence-electron chi connectivity index (χ2n) is 5.55. The van der Waals surface area contributed by atoms with Crippen molar-refractivity contribution in [3.05, 3.63) is 82.4 Å². The van der Waals surface area contributed by atoms with Gasteiger partial charge in [0.1, 0.15) is 0 Å². The van der Waals surface area contributed by atoms with Gasteiger partial charge < -0.3 is 11.5 Å². The molecule has 1 amide bonds. The van der Waals surface area contributed by atoms with Crippen LogP contribution in [-0.2, 0) is 0 Å². The van der Waals surface area contributed by atoms with Crippen LogP contribution < -0.4 is 11.5 Å². The van der Waals surface area contributed by atoms with Crippen molar-refractivity contribution in [3.8, 4) is 22.3 Å². The molecule has 25 heavy (non-hydrogen) atoms. The van der Waals surface area contributed by atoms with E-state index >= 15 is 0 Å². The molecule has 0 bridgehead atoms. The molecule has 0 aromatic heterocycles. The van der Waals surface area contributed by atoms with Gasteiger partial charge in [-0.3, -0.25) is 14.9 Å². The summed E-state index contributed by atoms with van der Waals surface area (Å²) in [5, 5.41) is 11.0. The SMILES string of the molecule is NC(=O)c1ccc([N+](=O)[O-])cc1-c1ccc(-c2ccc(N)cc2)cc1. The molecule has 0 unspecified atom stereocenters. The lowest BCUT2D eigenvalue weighted by Crippen LogP contribution is -2.12. The van der Waals surface area contributed by atoms with Crippen LogP contribution in [-0.4, -0.2) is 10.8 Å². The first kappa shape index (κ1) is 16.2. The van der Waals surface area contributed by atoms with Crippen LogP contribution in [0.2, 0.25) is 0 Å². The van der Waals surface area contributed by atoms with Crippen molar-refractivity contribution in [1.82, 2.24) is 0 Å². The molecule has 124 valence electrons. The average Bonchev–Trinajstić information content (AvgIpc) is 2.62. The Bertz CT molecular complexity index is 949. The number of hydrogen-bond acceptors (Lipinski definition) is 4. The number of rotatable bonds is 4. The molecule has 0 saturated heterocycles. The lowest BCUT2D eigenvalue weighted by atomic mass is 9.96. The fraction of sp³-hybridized carbons (Fsp3) is 0. The van der Waals surface area contributed by atoms with E-state index < -0.39 is 10.8 Å². The van der Waals surface area contributed by atoms with Crippen molar-refractivity contribution in [3.63, 3.8) is 0 Å². The molecule has 0 radical (unpaired) electrons. The quantitative estimate of drug-likeness (QED) is 0.431. The molecule has 0 saturated carbocycles. The minimum atomic E-state index is -0.632. The molecule has 0 heterocycles. The van der Waals surface area contributed by atoms with E-state index in [1.165, 1.54) is 18.2 Å². The predicted molar refractivity (Wildman–Crippen MR) is 96.9 cm³/mol. The molecule has 3 rings (SSSR count). The summed E-state index contributed by atoms with van der Waals surface area (Å²) in [6.07, 6.45) is 0. The number of nitro benzene ring substituents is 1. The van der Waals surface area contributed by atoms with Gasteiger partial charge in [-0.15, -0.1) is 0 Å². The predicted octanol–water partition coefficient (Wildman–Crippen LogP) is 3.61. The first-order valence-corrected chi connectivity index (χ1v) is 7.50. The summed E-state index contributed by atoms with van der Waals surface area (Å²) in [4.78, 5) is 22.1. The topological polar surface area (TPSA) is 112 Å². The number of benzene rings is 3. The van der Waals surface area contributed by atoms with Gasteiger partial charge in [0, 0.05) is 28.9 Å². The molecule has 3 aromatic carbocycles. The number of non-ortho nitro benzene ring substituents is 1. The second-order valence-corrected chi connectivity index (χ2v) is 5.55. The molecule has 0 fully saturated rings. The first-order chi connectivity index (χ1) is 12.0. The maximum atomic E-state index is 11.6. The van der Waals surface area contributed by atoms with E-state index in [-0.39, 0.29) is 11.3 Å². The van der Waals surface area contributed by atoms with E-state index in [2.05, 4.69) is 0 Å². The van der Waals surface area contributed by atoms with Crippen LogP contribution >= 0.6 is 0 Å². The number of carbonyl (C=O) groups excluding carboxylic acids is 1. The highest BCUT2D eigenvalue weighted by Gasteiger charge is 2.15. The zero-order valence-corrected chi connectivity index (χ0v) is 13.2. The number of amides is 1. The zero-order valence-electron chi connectivity index (χ0n) is 13.2. The normalized spacial score (nSPS) is 10.4. The molecule has 3 aromatic rings. The van der Waals surface area contributed by atoms with Gasteiger partial charge in [-0.25, -0.2) is 0 Å². The smallest absolute Gasteiger partial charge is 0.270 e. The van der Waals surface area contributed by atoms with Crippen LogP contribution in [0.15, 0.2) is 66.7 Å². The van der Waals surface area contributed by atoms with E-state index in [4.69, 9.17) is 11.5 Å². The third-order valence-corrected chi connectivity index (χ3v) is 3.92. The van der Waals surface area contributed by atoms with E-state index in [0.717, 1.165) is 11.1 Å². The summed E-state index contributed by atoms with van der Waals surface area (Å²) in [6, 6.07) is 18.8. The molecule has 0 aliphatic rings. The van der Waals surface area contributed by atoms with Crippen molar-refractivity contribution < 1.29 is 9.72 Å². The maximum absolute atomic E-state index is 11.6. The second kappa shape index (κ2) is 6.45. The fourth-order valence-electron chi connectivity index (χ4n) is 2.62. The van der Waals surface area contributed by atoms with Gasteiger partial charge in [0.25, 0.3) is 5.69 Å². The molecular weight excluding hydrogens is 318 g/mol. The Morgan fingerprint density at radius 1 is 0.840 bits per heavy atom. The minimum Gasteiger partial charge on any atom is -0.399 e. The van der Waals surface area contributed by atoms with Crippen LogP contribution in [0.1, 0.15) is 10.4 Å². The maximum Gasteiger partial charge on any atom is 0.270 e. The highest BCUT2D eigenvalue weighted by molar-refractivity contribution is 6.00. The average molecular weight is 333 g/mol. The lowest BCUT2D eigenvalue weighted by molar-refractivity contribution is -0.384. The first-order valence-electron chi connectivity index (χ1n) is 7.50. The summed E-state index contributed by atoms with van der Waals surface area (Å²) in [5.41, 5.74) is 15.0. The van der Waals surface area contributed by atoms with Crippen LogP contribution in [0, 0.1) is 10.1 Å².